The van der Waals surface area contributed by atoms with Crippen molar-refractivity contribution in [3.63, 3.8) is 0 Å². The summed E-state index contributed by atoms with van der Waals surface area (Å²) in [5.74, 6) is -0.502. The number of allylic oxidation sites excluding steroid dienone is 8. The van der Waals surface area contributed by atoms with E-state index >= 15 is 0 Å². The van der Waals surface area contributed by atoms with Gasteiger partial charge in [0.2, 0.25) is 0 Å². The average Bonchev–Trinajstić information content (AvgIpc) is 3.21. The monoisotopic (exact) mass is 646 g/mol. The van der Waals surface area contributed by atoms with Crippen LogP contribution in [0.25, 0.3) is 0 Å². The molecule has 7 heteroatoms. The van der Waals surface area contributed by atoms with Crippen LogP contribution in [0.1, 0.15) is 102 Å². The Morgan fingerprint density at radius 2 is 1.94 bits per heavy atom. The van der Waals surface area contributed by atoms with Gasteiger partial charge in [0.25, 0.3) is 0 Å². The summed E-state index contributed by atoms with van der Waals surface area (Å²) in [6.45, 7) is 10.0. The first-order valence-electron chi connectivity index (χ1n) is 17.5. The molecule has 3 fully saturated rings. The van der Waals surface area contributed by atoms with Gasteiger partial charge in [0.1, 0.15) is 0 Å². The lowest BCUT2D eigenvalue weighted by molar-refractivity contribution is -0.181. The first-order valence-corrected chi connectivity index (χ1v) is 17.5. The molecular weight excluding hydrogens is 588 g/mol. The Labute approximate surface area is 281 Å². The zero-order valence-electron chi connectivity index (χ0n) is 28.8. The lowest BCUT2D eigenvalue weighted by Gasteiger charge is -2.57. The maximum atomic E-state index is 13.8. The van der Waals surface area contributed by atoms with Gasteiger partial charge < -0.3 is 31.9 Å². The number of carbonyl (C=O) groups excluding carboxylic acids is 1. The number of hydrogen-bond acceptors (Lipinski definition) is 7. The maximum absolute atomic E-state index is 13.8. The molecule has 4 rings (SSSR count). The molecule has 3 saturated carbocycles. The van der Waals surface area contributed by atoms with Gasteiger partial charge in [0.05, 0.1) is 24.5 Å². The van der Waals surface area contributed by atoms with Gasteiger partial charge in [-0.25, -0.2) is 0 Å². The van der Waals surface area contributed by atoms with Gasteiger partial charge in [-0.05, 0) is 113 Å². The molecule has 47 heavy (non-hydrogen) atoms. The Hall–Kier alpha value is -2.65. The smallest absolute Gasteiger partial charge is 0.162 e. The van der Waals surface area contributed by atoms with Gasteiger partial charge >= 0.3 is 0 Å². The summed E-state index contributed by atoms with van der Waals surface area (Å²) in [5, 5.41) is 45.6. The third-order valence-electron chi connectivity index (χ3n) is 11.4. The number of hydrogen-bond donors (Lipinski definition) is 6. The minimum Gasteiger partial charge on any atom is -0.396 e. The van der Waals surface area contributed by atoms with Gasteiger partial charge in [-0.3, -0.25) is 4.79 Å². The predicted octanol–water partition coefficient (Wildman–Crippen LogP) is 5.89. The first-order chi connectivity index (χ1) is 22.4. The topological polar surface area (TPSA) is 150 Å². The molecule has 1 spiro atoms. The van der Waals surface area contributed by atoms with Crippen LogP contribution in [0.3, 0.4) is 0 Å². The second-order valence-electron chi connectivity index (χ2n) is 14.6. The number of rotatable bonds is 14. The zero-order valence-corrected chi connectivity index (χ0v) is 28.8. The van der Waals surface area contributed by atoms with Crippen LogP contribution in [0.5, 0.6) is 0 Å². The highest BCUT2D eigenvalue weighted by Crippen LogP contribution is 2.67. The molecule has 0 heterocycles. The molecule has 0 unspecified atom stereocenters. The highest BCUT2D eigenvalue weighted by Gasteiger charge is 2.68. The molecule has 7 nitrogen and oxygen atoms in total. The Morgan fingerprint density at radius 1 is 1.17 bits per heavy atom. The SMILES string of the molecule is C=C(/C=C/C=C(/CO)[C@H]1[C@@H]2CCC[C@@]3(O)CC/C(=C(/C)C(=O)Cc4cccc(C(N)N)c4)[C@@H](CCCO)[C@]3(C2)[C@@H]1O)CCC=C(C)C. The molecule has 1 aromatic rings. The van der Waals surface area contributed by atoms with Crippen LogP contribution in [0.15, 0.2) is 83.0 Å². The van der Waals surface area contributed by atoms with Crippen molar-refractivity contribution >= 4 is 5.78 Å². The van der Waals surface area contributed by atoms with E-state index in [2.05, 4.69) is 26.5 Å². The molecule has 0 aromatic heterocycles. The minimum absolute atomic E-state index is 0.00122. The summed E-state index contributed by atoms with van der Waals surface area (Å²) in [4.78, 5) is 13.8. The standard InChI is InChI=1S/C40H58N2O5/c1-26(2)10-5-11-27(3)12-6-15-32(25-44)36-31-16-8-19-39(47)20-18-33(34(17-9-21-43)40(39,24-31)37(36)46)28(4)35(45)23-29-13-7-14-30(22-29)38(41)42/h6-7,10,12-15,22,31,34,36-38,43-44,46-47H,3,5,8-9,11,16-21,23-25,41-42H2,1-2,4H3/b12-6+,32-15-,33-28+/t31-,34-,36-,37-,39-,40-/m1/s1. The molecule has 2 bridgehead atoms. The highest BCUT2D eigenvalue weighted by atomic mass is 16.3. The normalized spacial score (nSPS) is 30.3. The van der Waals surface area contributed by atoms with Crippen LogP contribution in [0, 0.1) is 23.2 Å². The number of aliphatic hydroxyl groups is 4. The summed E-state index contributed by atoms with van der Waals surface area (Å²) in [5.41, 5.74) is 16.1. The van der Waals surface area contributed by atoms with Crippen LogP contribution in [-0.4, -0.2) is 51.1 Å². The fourth-order valence-electron chi connectivity index (χ4n) is 9.05. The molecule has 0 amide bonds. The van der Waals surface area contributed by atoms with E-state index in [0.717, 1.165) is 53.5 Å². The zero-order chi connectivity index (χ0) is 34.4. The maximum Gasteiger partial charge on any atom is 0.162 e. The molecule has 3 aliphatic carbocycles. The predicted molar refractivity (Wildman–Crippen MR) is 189 cm³/mol. The van der Waals surface area contributed by atoms with Gasteiger partial charge in [0.15, 0.2) is 5.78 Å². The summed E-state index contributed by atoms with van der Waals surface area (Å²) in [6.07, 6.45) is 13.5. The van der Waals surface area contributed by atoms with E-state index < -0.39 is 23.3 Å². The lowest BCUT2D eigenvalue weighted by Crippen LogP contribution is -2.61. The van der Waals surface area contributed by atoms with Crippen LogP contribution >= 0.6 is 0 Å². The fraction of sp³-hybridized carbons (Fsp3) is 0.575. The van der Waals surface area contributed by atoms with Crippen molar-refractivity contribution in [3.05, 3.63) is 94.1 Å². The molecular formula is C40H58N2O5. The largest absolute Gasteiger partial charge is 0.396 e. The van der Waals surface area contributed by atoms with E-state index in [4.69, 9.17) is 11.5 Å². The van der Waals surface area contributed by atoms with Crippen molar-refractivity contribution in [2.24, 2.45) is 34.6 Å². The van der Waals surface area contributed by atoms with E-state index in [0.29, 0.717) is 44.1 Å². The number of carbonyl (C=O) groups is 1. The molecule has 0 saturated heterocycles. The van der Waals surface area contributed by atoms with E-state index in [1.54, 1.807) is 0 Å². The molecule has 1 aromatic carbocycles. The number of nitrogens with two attached hydrogens (primary N) is 2. The van der Waals surface area contributed by atoms with E-state index in [9.17, 15) is 25.2 Å². The van der Waals surface area contributed by atoms with Crippen LogP contribution in [-0.2, 0) is 11.2 Å². The molecule has 0 radical (unpaired) electrons. The molecule has 258 valence electrons. The number of Topliss-reactive ketones (excluding diaryl/α,β-unsaturated/α-hetero) is 1. The second-order valence-corrected chi connectivity index (χ2v) is 14.6. The van der Waals surface area contributed by atoms with Crippen molar-refractivity contribution in [3.8, 4) is 0 Å². The molecule has 8 N–H and O–H groups in total. The van der Waals surface area contributed by atoms with Crippen LogP contribution < -0.4 is 11.5 Å². The van der Waals surface area contributed by atoms with E-state index in [1.165, 1.54) is 5.57 Å². The average molecular weight is 647 g/mol. The van der Waals surface area contributed by atoms with Gasteiger partial charge in [-0.2, -0.15) is 0 Å². The van der Waals surface area contributed by atoms with E-state index in [-0.39, 0.29) is 43.2 Å². The van der Waals surface area contributed by atoms with Gasteiger partial charge in [0, 0.05) is 24.4 Å². The van der Waals surface area contributed by atoms with Crippen molar-refractivity contribution in [2.75, 3.05) is 13.2 Å². The Kier molecular flexibility index (Phi) is 12.8. The molecule has 6 atom stereocenters. The summed E-state index contributed by atoms with van der Waals surface area (Å²) in [6, 6.07) is 7.49. The minimum atomic E-state index is -1.11. The van der Waals surface area contributed by atoms with Gasteiger partial charge in [-0.1, -0.05) is 78.3 Å². The summed E-state index contributed by atoms with van der Waals surface area (Å²) >= 11 is 0. The third-order valence-corrected chi connectivity index (χ3v) is 11.4. The van der Waals surface area contributed by atoms with Crippen LogP contribution in [0.4, 0.5) is 0 Å². The number of ketones is 1. The summed E-state index contributed by atoms with van der Waals surface area (Å²) < 4.78 is 0. The Balaban J connectivity index is 1.70. The van der Waals surface area contributed by atoms with Crippen molar-refractivity contribution in [1.82, 2.24) is 0 Å². The highest BCUT2D eigenvalue weighted by molar-refractivity contribution is 5.97. The van der Waals surface area contributed by atoms with Crippen LogP contribution in [0.2, 0.25) is 0 Å². The summed E-state index contributed by atoms with van der Waals surface area (Å²) in [7, 11) is 0. The van der Waals surface area contributed by atoms with Crippen molar-refractivity contribution in [2.45, 2.75) is 109 Å². The first kappa shape index (κ1) is 37.2. The number of aliphatic hydroxyl groups excluding tert-OH is 3. The Bertz CT molecular complexity index is 1400. The fourth-order valence-corrected chi connectivity index (χ4v) is 9.05. The lowest BCUT2D eigenvalue weighted by atomic mass is 9.51. The number of benzene rings is 1. The number of fused-ring (bicyclic) bond motifs is 1. The molecule has 0 aliphatic heterocycles. The van der Waals surface area contributed by atoms with Gasteiger partial charge in [-0.15, -0.1) is 0 Å². The Morgan fingerprint density at radius 3 is 2.62 bits per heavy atom. The quantitative estimate of drug-likeness (QED) is 0.0639. The molecule has 3 aliphatic rings. The van der Waals surface area contributed by atoms with E-state index in [1.807, 2.05) is 49.4 Å². The second kappa shape index (κ2) is 16.2. The third kappa shape index (κ3) is 7.98. The van der Waals surface area contributed by atoms with Crippen molar-refractivity contribution < 1.29 is 25.2 Å². The van der Waals surface area contributed by atoms with Crippen molar-refractivity contribution in [1.29, 1.82) is 0 Å².